The van der Waals surface area contributed by atoms with Crippen LogP contribution < -0.4 is 5.43 Å². The van der Waals surface area contributed by atoms with Crippen LogP contribution >= 0.6 is 0 Å². The van der Waals surface area contributed by atoms with Crippen molar-refractivity contribution in [2.75, 3.05) is 0 Å². The summed E-state index contributed by atoms with van der Waals surface area (Å²) in [7, 11) is 0. The molecule has 1 N–H and O–H groups in total. The molecule has 6 nitrogen and oxygen atoms in total. The number of hydrogen-bond donors (Lipinski definition) is 1. The van der Waals surface area contributed by atoms with Crippen LogP contribution in [0.5, 0.6) is 0 Å². The number of carbonyl (C=O) groups excluding carboxylic acids is 1. The number of nitrogens with zero attached hydrogens (tertiary/aromatic N) is 2. The molecule has 1 amide bonds. The summed E-state index contributed by atoms with van der Waals surface area (Å²) in [6.45, 7) is 4.09. The fourth-order valence-electron chi connectivity index (χ4n) is 4.05. The first kappa shape index (κ1) is 20.5. The zero-order chi connectivity index (χ0) is 22.0. The first-order valence-electron chi connectivity index (χ1n) is 10.1. The van der Waals surface area contributed by atoms with Gasteiger partial charge in [-0.3, -0.25) is 14.9 Å². The van der Waals surface area contributed by atoms with E-state index in [0.717, 1.165) is 11.1 Å². The van der Waals surface area contributed by atoms with Gasteiger partial charge >= 0.3 is 0 Å². The molecule has 0 aromatic heterocycles. The average molecular weight is 413 g/mol. The Morgan fingerprint density at radius 2 is 1.61 bits per heavy atom. The molecule has 0 bridgehead atoms. The van der Waals surface area contributed by atoms with E-state index in [1.165, 1.54) is 29.5 Å². The Kier molecular flexibility index (Phi) is 5.38. The molecule has 3 aromatic carbocycles. The van der Waals surface area contributed by atoms with Crippen LogP contribution in [0.15, 0.2) is 77.9 Å². The molecule has 0 aliphatic heterocycles. The van der Waals surface area contributed by atoms with Crippen molar-refractivity contribution in [1.82, 2.24) is 5.43 Å². The lowest BCUT2D eigenvalue weighted by atomic mass is 9.85. The lowest BCUT2D eigenvalue weighted by Gasteiger charge is -2.19. The van der Waals surface area contributed by atoms with Gasteiger partial charge in [-0.1, -0.05) is 71.8 Å². The van der Waals surface area contributed by atoms with Gasteiger partial charge in [0.1, 0.15) is 0 Å². The Labute approximate surface area is 180 Å². The summed E-state index contributed by atoms with van der Waals surface area (Å²) < 4.78 is 0. The molecule has 156 valence electrons. The number of hydrogen-bond acceptors (Lipinski definition) is 4. The molecular formula is C25H23N3O3. The van der Waals surface area contributed by atoms with E-state index in [0.29, 0.717) is 12.0 Å². The Bertz CT molecular complexity index is 1110. The van der Waals surface area contributed by atoms with E-state index in [-0.39, 0.29) is 22.9 Å². The van der Waals surface area contributed by atoms with Gasteiger partial charge in [-0.05, 0) is 31.4 Å². The van der Waals surface area contributed by atoms with Crippen molar-refractivity contribution in [2.45, 2.75) is 25.7 Å². The molecule has 1 saturated carbocycles. The lowest BCUT2D eigenvalue weighted by Crippen LogP contribution is -2.25. The number of non-ortho nitro benzene ring substituents is 1. The predicted molar refractivity (Wildman–Crippen MR) is 120 cm³/mol. The number of rotatable bonds is 6. The molecule has 6 heteroatoms. The van der Waals surface area contributed by atoms with Crippen molar-refractivity contribution in [1.29, 1.82) is 0 Å². The lowest BCUT2D eigenvalue weighted by molar-refractivity contribution is -0.384. The van der Waals surface area contributed by atoms with Crippen molar-refractivity contribution in [3.8, 4) is 0 Å². The smallest absolute Gasteiger partial charge is 0.270 e. The fourth-order valence-corrected chi connectivity index (χ4v) is 4.05. The summed E-state index contributed by atoms with van der Waals surface area (Å²) in [4.78, 5) is 23.4. The molecule has 1 fully saturated rings. The monoisotopic (exact) mass is 413 g/mol. The molecule has 0 heterocycles. The van der Waals surface area contributed by atoms with E-state index in [1.54, 1.807) is 12.1 Å². The molecule has 0 radical (unpaired) electrons. The second kappa shape index (κ2) is 8.14. The van der Waals surface area contributed by atoms with Crippen LogP contribution in [0.2, 0.25) is 0 Å². The molecule has 0 saturated heterocycles. The van der Waals surface area contributed by atoms with Crippen molar-refractivity contribution >= 4 is 17.8 Å². The maximum Gasteiger partial charge on any atom is 0.270 e. The fraction of sp³-hybridized carbons (Fsp3) is 0.200. The molecule has 1 atom stereocenters. The van der Waals surface area contributed by atoms with E-state index >= 15 is 0 Å². The second-order valence-electron chi connectivity index (χ2n) is 8.05. The minimum atomic E-state index is -0.461. The largest absolute Gasteiger partial charge is 0.273 e. The summed E-state index contributed by atoms with van der Waals surface area (Å²) in [6.07, 6.45) is 2.13. The van der Waals surface area contributed by atoms with Crippen molar-refractivity contribution in [3.05, 3.63) is 111 Å². The molecule has 1 aliphatic rings. The molecule has 0 spiro atoms. The number of hydrazone groups is 1. The van der Waals surface area contributed by atoms with Gasteiger partial charge < -0.3 is 0 Å². The van der Waals surface area contributed by atoms with Crippen LogP contribution in [0.1, 0.15) is 34.2 Å². The maximum absolute atomic E-state index is 12.9. The maximum atomic E-state index is 12.9. The van der Waals surface area contributed by atoms with Gasteiger partial charge in [-0.25, -0.2) is 5.43 Å². The molecule has 3 aromatic rings. The molecular weight excluding hydrogens is 390 g/mol. The van der Waals surface area contributed by atoms with Crippen LogP contribution in [-0.2, 0) is 10.2 Å². The van der Waals surface area contributed by atoms with Crippen LogP contribution in [0, 0.1) is 29.9 Å². The van der Waals surface area contributed by atoms with E-state index in [1.807, 2.05) is 13.8 Å². The average Bonchev–Trinajstić information content (AvgIpc) is 3.52. The van der Waals surface area contributed by atoms with Crippen molar-refractivity contribution in [3.63, 3.8) is 0 Å². The molecule has 1 unspecified atom stereocenters. The minimum absolute atomic E-state index is 0.0183. The van der Waals surface area contributed by atoms with Gasteiger partial charge in [0.15, 0.2) is 0 Å². The second-order valence-corrected chi connectivity index (χ2v) is 8.05. The third kappa shape index (κ3) is 4.10. The van der Waals surface area contributed by atoms with Crippen LogP contribution in [0.25, 0.3) is 0 Å². The van der Waals surface area contributed by atoms with Gasteiger partial charge in [0.05, 0.1) is 17.1 Å². The Morgan fingerprint density at radius 3 is 2.16 bits per heavy atom. The third-order valence-corrected chi connectivity index (χ3v) is 5.88. The number of nitro groups is 1. The number of amides is 1. The number of benzene rings is 3. The highest BCUT2D eigenvalue weighted by Gasteiger charge is 2.60. The van der Waals surface area contributed by atoms with Gasteiger partial charge in [0.25, 0.3) is 5.69 Å². The number of nitrogens with one attached hydrogen (secondary N) is 1. The van der Waals surface area contributed by atoms with E-state index < -0.39 is 4.92 Å². The van der Waals surface area contributed by atoms with Crippen molar-refractivity contribution < 1.29 is 9.72 Å². The zero-order valence-corrected chi connectivity index (χ0v) is 17.4. The standard InChI is InChI=1S/C25H23N3O3/c1-17-6-10-20(11-7-17)25(21-12-8-18(2)9-13-21)15-23(25)24(29)27-26-16-19-4-3-5-22(14-19)28(30)31/h3-14,16,23H,15H2,1-2H3,(H,27,29). The zero-order valence-electron chi connectivity index (χ0n) is 17.4. The Hall–Kier alpha value is -3.80. The van der Waals surface area contributed by atoms with Gasteiger partial charge in [-0.2, -0.15) is 5.10 Å². The molecule has 1 aliphatic carbocycles. The topological polar surface area (TPSA) is 84.6 Å². The summed E-state index contributed by atoms with van der Waals surface area (Å²) in [5.74, 6) is -0.400. The summed E-state index contributed by atoms with van der Waals surface area (Å²) in [5, 5.41) is 14.9. The first-order chi connectivity index (χ1) is 14.9. The van der Waals surface area contributed by atoms with Gasteiger partial charge in [0, 0.05) is 23.1 Å². The van der Waals surface area contributed by atoms with Crippen LogP contribution in [-0.4, -0.2) is 17.0 Å². The highest BCUT2D eigenvalue weighted by molar-refractivity contribution is 5.88. The van der Waals surface area contributed by atoms with Crippen LogP contribution in [0.3, 0.4) is 0 Å². The van der Waals surface area contributed by atoms with E-state index in [4.69, 9.17) is 0 Å². The SMILES string of the molecule is Cc1ccc(C2(c3ccc(C)cc3)CC2C(=O)NN=Cc2cccc([N+](=O)[O-])c2)cc1. The third-order valence-electron chi connectivity index (χ3n) is 5.88. The minimum Gasteiger partial charge on any atom is -0.273 e. The summed E-state index contributed by atoms with van der Waals surface area (Å²) >= 11 is 0. The van der Waals surface area contributed by atoms with Crippen molar-refractivity contribution in [2.24, 2.45) is 11.0 Å². The highest BCUT2D eigenvalue weighted by atomic mass is 16.6. The number of nitro benzene ring substituents is 1. The quantitative estimate of drug-likeness (QED) is 0.362. The number of aryl methyl sites for hydroxylation is 2. The first-order valence-corrected chi connectivity index (χ1v) is 10.1. The van der Waals surface area contributed by atoms with Gasteiger partial charge in [-0.15, -0.1) is 0 Å². The summed E-state index contributed by atoms with van der Waals surface area (Å²) in [5.41, 5.74) is 7.36. The normalized spacial score (nSPS) is 16.8. The Morgan fingerprint density at radius 1 is 1.03 bits per heavy atom. The molecule has 4 rings (SSSR count). The molecule has 31 heavy (non-hydrogen) atoms. The van der Waals surface area contributed by atoms with E-state index in [9.17, 15) is 14.9 Å². The Balaban J connectivity index is 1.55. The van der Waals surface area contributed by atoms with E-state index in [2.05, 4.69) is 59.1 Å². The summed E-state index contributed by atoms with van der Waals surface area (Å²) in [6, 6.07) is 22.8. The van der Waals surface area contributed by atoms with Crippen LogP contribution in [0.4, 0.5) is 5.69 Å². The predicted octanol–water partition coefficient (Wildman–Crippen LogP) is 4.67. The highest BCUT2D eigenvalue weighted by Crippen LogP contribution is 2.59. The number of carbonyl (C=O) groups is 1. The van der Waals surface area contributed by atoms with Gasteiger partial charge in [0.2, 0.25) is 5.91 Å².